The van der Waals surface area contributed by atoms with Gasteiger partial charge < -0.3 is 19.3 Å². The average molecular weight is 326 g/mol. The van der Waals surface area contributed by atoms with Crippen molar-refractivity contribution in [3.63, 3.8) is 0 Å². The summed E-state index contributed by atoms with van der Waals surface area (Å²) < 4.78 is 17.5. The average Bonchev–Trinajstić information content (AvgIpc) is 2.54. The molecule has 2 rings (SSSR count). The fourth-order valence-corrected chi connectivity index (χ4v) is 3.33. The lowest BCUT2D eigenvalue weighted by Crippen LogP contribution is -2.40. The van der Waals surface area contributed by atoms with Crippen LogP contribution < -0.4 is 0 Å². The molecule has 2 fully saturated rings. The maximum absolute atomic E-state index is 11.4. The smallest absolute Gasteiger partial charge is 0.335 e. The first-order chi connectivity index (χ1) is 11.0. The molecule has 1 aliphatic carbocycles. The third-order valence-electron chi connectivity index (χ3n) is 4.84. The Hall–Kier alpha value is -0.910. The van der Waals surface area contributed by atoms with Crippen molar-refractivity contribution in [2.45, 2.75) is 76.3 Å². The molecular weight excluding hydrogens is 296 g/mol. The molecule has 5 nitrogen and oxygen atoms in total. The summed E-state index contributed by atoms with van der Waals surface area (Å²) in [6, 6.07) is 0. The maximum atomic E-state index is 11.4. The van der Waals surface area contributed by atoms with Gasteiger partial charge in [-0.3, -0.25) is 0 Å². The molecule has 0 aromatic carbocycles. The van der Waals surface area contributed by atoms with Crippen LogP contribution in [0.15, 0.2) is 12.7 Å². The highest BCUT2D eigenvalue weighted by Crippen LogP contribution is 2.30. The van der Waals surface area contributed by atoms with E-state index in [0.29, 0.717) is 18.9 Å². The number of carboxylic acids is 1. The molecule has 0 aromatic rings. The number of aliphatic carboxylic acids is 1. The minimum atomic E-state index is -1.18. The SMILES string of the molecule is C=CCC(C)(OCC1CCC[C@H](OC2CCCCO2)C1)C(=O)O. The van der Waals surface area contributed by atoms with Gasteiger partial charge in [0.2, 0.25) is 0 Å². The minimum absolute atomic E-state index is 0.0570. The van der Waals surface area contributed by atoms with Crippen LogP contribution in [0, 0.1) is 5.92 Å². The topological polar surface area (TPSA) is 65.0 Å². The fraction of sp³-hybridized carbons (Fsp3) is 0.833. The summed E-state index contributed by atoms with van der Waals surface area (Å²) in [5.74, 6) is -0.586. The molecule has 0 aromatic heterocycles. The predicted molar refractivity (Wildman–Crippen MR) is 87.2 cm³/mol. The number of rotatable bonds is 8. The van der Waals surface area contributed by atoms with E-state index >= 15 is 0 Å². The zero-order valence-corrected chi connectivity index (χ0v) is 14.2. The van der Waals surface area contributed by atoms with E-state index in [9.17, 15) is 9.90 Å². The zero-order valence-electron chi connectivity index (χ0n) is 14.2. The number of carboxylic acid groups (broad SMARTS) is 1. The molecule has 0 amide bonds. The van der Waals surface area contributed by atoms with Gasteiger partial charge in [0.25, 0.3) is 0 Å². The quantitative estimate of drug-likeness (QED) is 0.691. The van der Waals surface area contributed by atoms with Gasteiger partial charge in [-0.05, 0) is 51.4 Å². The lowest BCUT2D eigenvalue weighted by atomic mass is 9.87. The van der Waals surface area contributed by atoms with Crippen molar-refractivity contribution in [3.8, 4) is 0 Å². The first-order valence-corrected chi connectivity index (χ1v) is 8.79. The fourth-order valence-electron chi connectivity index (χ4n) is 3.33. The molecule has 1 saturated carbocycles. The van der Waals surface area contributed by atoms with Gasteiger partial charge in [0.1, 0.15) is 0 Å². The second kappa shape index (κ2) is 8.81. The Morgan fingerprint density at radius 1 is 1.35 bits per heavy atom. The van der Waals surface area contributed by atoms with Crippen molar-refractivity contribution >= 4 is 5.97 Å². The molecule has 1 saturated heterocycles. The highest BCUT2D eigenvalue weighted by atomic mass is 16.7. The van der Waals surface area contributed by atoms with Crippen molar-refractivity contribution in [1.82, 2.24) is 0 Å². The Kier molecular flexibility index (Phi) is 7.06. The highest BCUT2D eigenvalue weighted by Gasteiger charge is 2.35. The first-order valence-electron chi connectivity index (χ1n) is 8.79. The Morgan fingerprint density at radius 2 is 2.17 bits per heavy atom. The molecule has 2 aliphatic rings. The van der Waals surface area contributed by atoms with Crippen LogP contribution in [0.2, 0.25) is 0 Å². The van der Waals surface area contributed by atoms with E-state index in [1.807, 2.05) is 0 Å². The summed E-state index contributed by atoms with van der Waals surface area (Å²) in [6.45, 7) is 6.49. The van der Waals surface area contributed by atoms with E-state index in [2.05, 4.69) is 6.58 Å². The molecule has 0 bridgehead atoms. The van der Waals surface area contributed by atoms with Crippen LogP contribution in [0.4, 0.5) is 0 Å². The van der Waals surface area contributed by atoms with E-state index in [-0.39, 0.29) is 12.4 Å². The van der Waals surface area contributed by atoms with Crippen molar-refractivity contribution in [2.75, 3.05) is 13.2 Å². The molecule has 1 aliphatic heterocycles. The van der Waals surface area contributed by atoms with Crippen LogP contribution in [-0.2, 0) is 19.0 Å². The first kappa shape index (κ1) is 18.4. The summed E-state index contributed by atoms with van der Waals surface area (Å²) in [4.78, 5) is 11.4. The largest absolute Gasteiger partial charge is 0.479 e. The van der Waals surface area contributed by atoms with Gasteiger partial charge in [-0.25, -0.2) is 4.79 Å². The zero-order chi connectivity index (χ0) is 16.7. The standard InChI is InChI=1S/C18H30O5/c1-3-10-18(2,17(19)20)22-13-14-7-6-8-15(12-14)23-16-9-4-5-11-21-16/h3,14-16H,1,4-13H2,2H3,(H,19,20)/t14?,15-,16?,18?/m0/s1. The Bertz CT molecular complexity index is 391. The second-order valence-electron chi connectivity index (χ2n) is 6.93. The van der Waals surface area contributed by atoms with Crippen LogP contribution in [0.25, 0.3) is 0 Å². The molecule has 3 unspecified atom stereocenters. The van der Waals surface area contributed by atoms with Crippen LogP contribution in [0.1, 0.15) is 58.3 Å². The molecule has 0 radical (unpaired) electrons. The molecule has 132 valence electrons. The van der Waals surface area contributed by atoms with Crippen molar-refractivity contribution in [2.24, 2.45) is 5.92 Å². The molecule has 4 atom stereocenters. The minimum Gasteiger partial charge on any atom is -0.479 e. The predicted octanol–water partition coefficient (Wildman–Crippen LogP) is 3.52. The second-order valence-corrected chi connectivity index (χ2v) is 6.93. The third kappa shape index (κ3) is 5.59. The van der Waals surface area contributed by atoms with Gasteiger partial charge in [-0.1, -0.05) is 12.5 Å². The van der Waals surface area contributed by atoms with E-state index in [0.717, 1.165) is 45.1 Å². The van der Waals surface area contributed by atoms with Gasteiger partial charge in [0.15, 0.2) is 11.9 Å². The molecule has 1 N–H and O–H groups in total. The number of ether oxygens (including phenoxy) is 3. The summed E-state index contributed by atoms with van der Waals surface area (Å²) in [6.07, 6.45) is 9.46. The van der Waals surface area contributed by atoms with Crippen LogP contribution in [0.3, 0.4) is 0 Å². The Labute approximate surface area is 139 Å². The number of hydrogen-bond acceptors (Lipinski definition) is 4. The highest BCUT2D eigenvalue weighted by molar-refractivity contribution is 5.77. The van der Waals surface area contributed by atoms with Gasteiger partial charge in [-0.15, -0.1) is 6.58 Å². The van der Waals surface area contributed by atoms with E-state index in [1.54, 1.807) is 13.0 Å². The molecule has 0 spiro atoms. The summed E-state index contributed by atoms with van der Waals surface area (Å²) in [5, 5.41) is 9.35. The van der Waals surface area contributed by atoms with Gasteiger partial charge in [0.05, 0.1) is 12.7 Å². The molecular formula is C18H30O5. The van der Waals surface area contributed by atoms with E-state index < -0.39 is 11.6 Å². The maximum Gasteiger partial charge on any atom is 0.335 e. The van der Waals surface area contributed by atoms with Gasteiger partial charge in [-0.2, -0.15) is 0 Å². The summed E-state index contributed by atoms with van der Waals surface area (Å²) >= 11 is 0. The van der Waals surface area contributed by atoms with E-state index in [4.69, 9.17) is 14.2 Å². The normalized spacial score (nSPS) is 31.3. The summed E-state index contributed by atoms with van der Waals surface area (Å²) in [5.41, 5.74) is -1.18. The Morgan fingerprint density at radius 3 is 2.83 bits per heavy atom. The Balaban J connectivity index is 1.78. The van der Waals surface area contributed by atoms with Crippen LogP contribution >= 0.6 is 0 Å². The van der Waals surface area contributed by atoms with E-state index in [1.165, 1.54) is 6.42 Å². The monoisotopic (exact) mass is 326 g/mol. The van der Waals surface area contributed by atoms with Crippen LogP contribution in [0.5, 0.6) is 0 Å². The number of carbonyl (C=O) groups is 1. The number of hydrogen-bond donors (Lipinski definition) is 1. The van der Waals surface area contributed by atoms with Crippen LogP contribution in [-0.4, -0.2) is 42.3 Å². The van der Waals surface area contributed by atoms with Crippen molar-refractivity contribution in [1.29, 1.82) is 0 Å². The lowest BCUT2D eigenvalue weighted by Gasteiger charge is -2.34. The third-order valence-corrected chi connectivity index (χ3v) is 4.84. The summed E-state index contributed by atoms with van der Waals surface area (Å²) in [7, 11) is 0. The van der Waals surface area contributed by atoms with Gasteiger partial charge >= 0.3 is 5.97 Å². The molecule has 5 heteroatoms. The molecule has 23 heavy (non-hydrogen) atoms. The lowest BCUT2D eigenvalue weighted by molar-refractivity contribution is -0.198. The molecule has 1 heterocycles. The van der Waals surface area contributed by atoms with Crippen molar-refractivity contribution in [3.05, 3.63) is 12.7 Å². The van der Waals surface area contributed by atoms with Crippen molar-refractivity contribution < 1.29 is 24.1 Å². The van der Waals surface area contributed by atoms with Gasteiger partial charge in [0, 0.05) is 13.0 Å².